The summed E-state index contributed by atoms with van der Waals surface area (Å²) >= 11 is 3.37. The van der Waals surface area contributed by atoms with E-state index in [4.69, 9.17) is 4.74 Å². The normalized spacial score (nSPS) is 20.7. The zero-order valence-corrected chi connectivity index (χ0v) is 15.2. The van der Waals surface area contributed by atoms with E-state index in [0.717, 1.165) is 29.4 Å². The summed E-state index contributed by atoms with van der Waals surface area (Å²) in [4.78, 5) is 11.8. The van der Waals surface area contributed by atoms with Gasteiger partial charge in [0.1, 0.15) is 11.7 Å². The molecule has 0 saturated heterocycles. The number of halogens is 1. The van der Waals surface area contributed by atoms with Crippen LogP contribution in [0.2, 0.25) is 0 Å². The highest BCUT2D eigenvalue weighted by Crippen LogP contribution is 2.26. The van der Waals surface area contributed by atoms with Gasteiger partial charge in [-0.25, -0.2) is 4.79 Å². The number of nitrogens with one attached hydrogen (secondary N) is 2. The SMILES string of the molecule is CC(C)(C)OC(=O)NC1CCC(Nc2ccc(Br)cc2C#N)C1. The minimum absolute atomic E-state index is 0.100. The van der Waals surface area contributed by atoms with Gasteiger partial charge in [-0.3, -0.25) is 0 Å². The average Bonchev–Trinajstić information content (AvgIpc) is 2.85. The minimum atomic E-state index is -0.487. The van der Waals surface area contributed by atoms with Gasteiger partial charge in [0.25, 0.3) is 0 Å². The summed E-state index contributed by atoms with van der Waals surface area (Å²) in [5.74, 6) is 0. The lowest BCUT2D eigenvalue weighted by Gasteiger charge is -2.22. The zero-order valence-electron chi connectivity index (χ0n) is 13.6. The third kappa shape index (κ3) is 5.43. The number of nitriles is 1. The van der Waals surface area contributed by atoms with Crippen LogP contribution in [-0.4, -0.2) is 23.8 Å². The lowest BCUT2D eigenvalue weighted by atomic mass is 10.1. The first-order valence-corrected chi connectivity index (χ1v) is 8.52. The first kappa shape index (κ1) is 17.6. The van der Waals surface area contributed by atoms with Gasteiger partial charge in [-0.2, -0.15) is 5.26 Å². The van der Waals surface area contributed by atoms with Crippen LogP contribution in [0.1, 0.15) is 45.6 Å². The van der Waals surface area contributed by atoms with Crippen LogP contribution in [0.15, 0.2) is 22.7 Å². The van der Waals surface area contributed by atoms with Crippen molar-refractivity contribution in [3.05, 3.63) is 28.2 Å². The van der Waals surface area contributed by atoms with E-state index in [1.54, 1.807) is 6.07 Å². The number of alkyl carbamates (subject to hydrolysis) is 1. The van der Waals surface area contributed by atoms with Gasteiger partial charge in [-0.15, -0.1) is 0 Å². The Morgan fingerprint density at radius 2 is 2.04 bits per heavy atom. The standard InChI is InChI=1S/C17H22BrN3O2/c1-17(2,3)23-16(22)21-14-6-5-13(9-14)20-15-7-4-12(18)8-11(15)10-19/h4,7-8,13-14,20H,5-6,9H2,1-3H3,(H,21,22). The molecule has 0 radical (unpaired) electrons. The van der Waals surface area contributed by atoms with Crippen molar-refractivity contribution in [2.45, 2.75) is 57.7 Å². The summed E-state index contributed by atoms with van der Waals surface area (Å²) in [6, 6.07) is 8.15. The predicted octanol–water partition coefficient (Wildman–Crippen LogP) is 4.18. The minimum Gasteiger partial charge on any atom is -0.444 e. The van der Waals surface area contributed by atoms with Gasteiger partial charge in [0.2, 0.25) is 0 Å². The molecule has 124 valence electrons. The molecular weight excluding hydrogens is 358 g/mol. The maximum atomic E-state index is 11.8. The van der Waals surface area contributed by atoms with Gasteiger partial charge < -0.3 is 15.4 Å². The summed E-state index contributed by atoms with van der Waals surface area (Å²) in [5, 5.41) is 15.5. The Morgan fingerprint density at radius 3 is 2.70 bits per heavy atom. The highest BCUT2D eigenvalue weighted by atomic mass is 79.9. The van der Waals surface area contributed by atoms with Crippen LogP contribution in [0, 0.1) is 11.3 Å². The molecular formula is C17H22BrN3O2. The van der Waals surface area contributed by atoms with Crippen molar-refractivity contribution in [1.82, 2.24) is 5.32 Å². The van der Waals surface area contributed by atoms with Crippen molar-refractivity contribution < 1.29 is 9.53 Å². The molecule has 2 unspecified atom stereocenters. The second kappa shape index (κ2) is 7.22. The van der Waals surface area contributed by atoms with Gasteiger partial charge >= 0.3 is 6.09 Å². The van der Waals surface area contributed by atoms with Gasteiger partial charge in [0, 0.05) is 16.6 Å². The summed E-state index contributed by atoms with van der Waals surface area (Å²) in [6.07, 6.45) is 2.29. The van der Waals surface area contributed by atoms with Crippen LogP contribution in [0.25, 0.3) is 0 Å². The Hall–Kier alpha value is -1.74. The molecule has 2 rings (SSSR count). The number of ether oxygens (including phenoxy) is 1. The van der Waals surface area contributed by atoms with E-state index in [1.165, 1.54) is 0 Å². The predicted molar refractivity (Wildman–Crippen MR) is 93.3 cm³/mol. The number of anilines is 1. The lowest BCUT2D eigenvalue weighted by molar-refractivity contribution is 0.0505. The highest BCUT2D eigenvalue weighted by molar-refractivity contribution is 9.10. The number of rotatable bonds is 3. The van der Waals surface area contributed by atoms with Crippen molar-refractivity contribution in [2.24, 2.45) is 0 Å². The van der Waals surface area contributed by atoms with Crippen molar-refractivity contribution in [1.29, 1.82) is 5.26 Å². The van der Waals surface area contributed by atoms with Crippen LogP contribution in [0.4, 0.5) is 10.5 Å². The van der Waals surface area contributed by atoms with Gasteiger partial charge in [0.15, 0.2) is 0 Å². The molecule has 6 heteroatoms. The molecule has 0 heterocycles. The fraction of sp³-hybridized carbons (Fsp3) is 0.529. The van der Waals surface area contributed by atoms with Crippen LogP contribution in [0.3, 0.4) is 0 Å². The molecule has 1 aromatic carbocycles. The molecule has 1 aliphatic rings. The van der Waals surface area contributed by atoms with Crippen LogP contribution < -0.4 is 10.6 Å². The third-order valence-corrected chi connectivity index (χ3v) is 4.11. The van der Waals surface area contributed by atoms with Crippen molar-refractivity contribution in [3.63, 3.8) is 0 Å². The Morgan fingerprint density at radius 1 is 1.35 bits per heavy atom. The first-order chi connectivity index (χ1) is 10.8. The zero-order chi connectivity index (χ0) is 17.0. The number of hydrogen-bond donors (Lipinski definition) is 2. The van der Waals surface area contributed by atoms with Gasteiger partial charge in [-0.1, -0.05) is 15.9 Å². The quantitative estimate of drug-likeness (QED) is 0.825. The second-order valence-corrected chi connectivity index (χ2v) is 7.71. The maximum absolute atomic E-state index is 11.8. The third-order valence-electron chi connectivity index (χ3n) is 3.62. The molecule has 1 aliphatic carbocycles. The van der Waals surface area contributed by atoms with E-state index >= 15 is 0 Å². The van der Waals surface area contributed by atoms with Crippen molar-refractivity contribution >= 4 is 27.7 Å². The smallest absolute Gasteiger partial charge is 0.407 e. The Kier molecular flexibility index (Phi) is 5.53. The molecule has 1 aromatic rings. The number of nitrogens with zero attached hydrogens (tertiary/aromatic N) is 1. The van der Waals surface area contributed by atoms with E-state index in [0.29, 0.717) is 5.56 Å². The number of amides is 1. The Balaban J connectivity index is 1.89. The molecule has 1 amide bonds. The van der Waals surface area contributed by atoms with Gasteiger partial charge in [0.05, 0.1) is 11.3 Å². The summed E-state index contributed by atoms with van der Waals surface area (Å²) in [5.41, 5.74) is 0.959. The largest absolute Gasteiger partial charge is 0.444 e. The summed E-state index contributed by atoms with van der Waals surface area (Å²) in [7, 11) is 0. The molecule has 0 bridgehead atoms. The number of benzene rings is 1. The van der Waals surface area contributed by atoms with Crippen LogP contribution in [-0.2, 0) is 4.74 Å². The molecule has 5 nitrogen and oxygen atoms in total. The molecule has 0 aliphatic heterocycles. The van der Waals surface area contributed by atoms with E-state index < -0.39 is 5.60 Å². The van der Waals surface area contributed by atoms with Gasteiger partial charge in [-0.05, 0) is 58.2 Å². The second-order valence-electron chi connectivity index (χ2n) is 6.80. The fourth-order valence-electron chi connectivity index (χ4n) is 2.67. The highest BCUT2D eigenvalue weighted by Gasteiger charge is 2.28. The summed E-state index contributed by atoms with van der Waals surface area (Å²) in [6.45, 7) is 5.55. The van der Waals surface area contributed by atoms with Crippen molar-refractivity contribution in [2.75, 3.05) is 5.32 Å². The van der Waals surface area contributed by atoms with Crippen LogP contribution in [0.5, 0.6) is 0 Å². The Bertz CT molecular complexity index is 619. The van der Waals surface area contributed by atoms with E-state index in [2.05, 4.69) is 32.6 Å². The Labute approximate surface area is 145 Å². The monoisotopic (exact) mass is 379 g/mol. The molecule has 0 aromatic heterocycles. The molecule has 0 spiro atoms. The first-order valence-electron chi connectivity index (χ1n) is 7.72. The van der Waals surface area contributed by atoms with Crippen molar-refractivity contribution in [3.8, 4) is 6.07 Å². The average molecular weight is 380 g/mol. The molecule has 2 N–H and O–H groups in total. The van der Waals surface area contributed by atoms with Crippen LogP contribution >= 0.6 is 15.9 Å². The molecule has 1 saturated carbocycles. The number of carbonyl (C=O) groups excluding carboxylic acids is 1. The summed E-state index contributed by atoms with van der Waals surface area (Å²) < 4.78 is 6.17. The topological polar surface area (TPSA) is 74.2 Å². The van der Waals surface area contributed by atoms with E-state index in [1.807, 2.05) is 32.9 Å². The molecule has 2 atom stereocenters. The number of carbonyl (C=O) groups is 1. The van der Waals surface area contributed by atoms with E-state index in [-0.39, 0.29) is 18.2 Å². The lowest BCUT2D eigenvalue weighted by Crippen LogP contribution is -2.38. The fourth-order valence-corrected chi connectivity index (χ4v) is 3.03. The molecule has 1 fully saturated rings. The molecule has 23 heavy (non-hydrogen) atoms. The van der Waals surface area contributed by atoms with E-state index in [9.17, 15) is 10.1 Å². The number of hydrogen-bond acceptors (Lipinski definition) is 4. The maximum Gasteiger partial charge on any atom is 0.407 e.